The van der Waals surface area contributed by atoms with Gasteiger partial charge in [-0.15, -0.1) is 11.8 Å². The van der Waals surface area contributed by atoms with Gasteiger partial charge in [0.15, 0.2) is 5.82 Å². The Hall–Kier alpha value is -1.44. The van der Waals surface area contributed by atoms with E-state index in [2.05, 4.69) is 10.1 Å². The van der Waals surface area contributed by atoms with Crippen molar-refractivity contribution in [1.82, 2.24) is 10.1 Å². The van der Waals surface area contributed by atoms with Crippen molar-refractivity contribution in [3.8, 4) is 0 Å². The highest BCUT2D eigenvalue weighted by Gasteiger charge is 2.11. The Morgan fingerprint density at radius 1 is 1.50 bits per heavy atom. The first-order valence-corrected chi connectivity index (χ1v) is 7.10. The van der Waals surface area contributed by atoms with Gasteiger partial charge in [0, 0.05) is 24.5 Å². The van der Waals surface area contributed by atoms with Crippen LogP contribution >= 0.6 is 11.8 Å². The molecule has 0 saturated carbocycles. The van der Waals surface area contributed by atoms with Gasteiger partial charge in [0.25, 0.3) is 0 Å². The van der Waals surface area contributed by atoms with Crippen LogP contribution < -0.4 is 5.73 Å². The van der Waals surface area contributed by atoms with E-state index in [9.17, 15) is 4.39 Å². The average Bonchev–Trinajstić information content (AvgIpc) is 2.84. The number of aromatic nitrogens is 2. The fourth-order valence-corrected chi connectivity index (χ4v) is 2.42. The second-order valence-corrected chi connectivity index (χ2v) is 5.32. The number of hydrogen-bond acceptors (Lipinski definition) is 6. The van der Waals surface area contributed by atoms with Crippen LogP contribution in [0.3, 0.4) is 0 Å². The van der Waals surface area contributed by atoms with Crippen molar-refractivity contribution < 1.29 is 13.7 Å². The minimum atomic E-state index is -0.255. The third-order valence-corrected chi connectivity index (χ3v) is 3.48. The Labute approximate surface area is 120 Å². The molecule has 0 bridgehead atoms. The first-order chi connectivity index (χ1) is 9.67. The molecule has 0 spiro atoms. The van der Waals surface area contributed by atoms with Crippen LogP contribution in [-0.4, -0.2) is 29.9 Å². The normalized spacial score (nSPS) is 12.6. The summed E-state index contributed by atoms with van der Waals surface area (Å²) in [6.45, 7) is 0.440. The van der Waals surface area contributed by atoms with Crippen LogP contribution in [0.4, 0.5) is 4.39 Å². The zero-order valence-electron chi connectivity index (χ0n) is 11.1. The Morgan fingerprint density at radius 3 is 3.10 bits per heavy atom. The first-order valence-electron chi connectivity index (χ1n) is 6.11. The quantitative estimate of drug-likeness (QED) is 0.788. The molecule has 1 heterocycles. The summed E-state index contributed by atoms with van der Waals surface area (Å²) in [4.78, 5) is 5.07. The average molecular weight is 297 g/mol. The van der Waals surface area contributed by atoms with Crippen molar-refractivity contribution in [1.29, 1.82) is 0 Å². The number of halogens is 1. The highest BCUT2D eigenvalue weighted by molar-refractivity contribution is 7.98. The number of nitrogens with two attached hydrogens (primary N) is 1. The van der Waals surface area contributed by atoms with E-state index in [1.165, 1.54) is 23.9 Å². The smallest absolute Gasteiger partial charge is 0.228 e. The van der Waals surface area contributed by atoms with Crippen LogP contribution in [0.15, 0.2) is 33.7 Å². The van der Waals surface area contributed by atoms with Crippen molar-refractivity contribution in [2.75, 3.05) is 13.7 Å². The fourth-order valence-electron chi connectivity index (χ4n) is 1.63. The third-order valence-electron chi connectivity index (χ3n) is 2.49. The summed E-state index contributed by atoms with van der Waals surface area (Å²) in [5.74, 6) is 1.32. The van der Waals surface area contributed by atoms with Gasteiger partial charge in [-0.3, -0.25) is 0 Å². The zero-order chi connectivity index (χ0) is 14.4. The van der Waals surface area contributed by atoms with Gasteiger partial charge in [-0.2, -0.15) is 4.98 Å². The third kappa shape index (κ3) is 4.59. The van der Waals surface area contributed by atoms with Crippen LogP contribution in [0, 0.1) is 5.82 Å². The van der Waals surface area contributed by atoms with Gasteiger partial charge in [-0.05, 0) is 18.2 Å². The monoisotopic (exact) mass is 297 g/mol. The Balaban J connectivity index is 1.86. The zero-order valence-corrected chi connectivity index (χ0v) is 11.9. The highest BCUT2D eigenvalue weighted by Crippen LogP contribution is 2.22. The van der Waals surface area contributed by atoms with Crippen molar-refractivity contribution >= 4 is 11.8 Å². The number of nitrogens with zero attached hydrogens (tertiary/aromatic N) is 2. The maximum atomic E-state index is 13.0. The van der Waals surface area contributed by atoms with E-state index in [4.69, 9.17) is 15.0 Å². The largest absolute Gasteiger partial charge is 0.383 e. The maximum absolute atomic E-state index is 13.0. The second kappa shape index (κ2) is 7.37. The van der Waals surface area contributed by atoms with E-state index in [1.807, 2.05) is 6.07 Å². The number of thioether (sulfide) groups is 1. The lowest BCUT2D eigenvalue weighted by molar-refractivity contribution is 0.176. The molecule has 0 radical (unpaired) electrons. The summed E-state index contributed by atoms with van der Waals surface area (Å²) >= 11 is 1.45. The number of rotatable bonds is 7. The van der Waals surface area contributed by atoms with Gasteiger partial charge in [0.1, 0.15) is 5.82 Å². The summed E-state index contributed by atoms with van der Waals surface area (Å²) in [5.41, 5.74) is 5.81. The number of methoxy groups -OCH3 is 1. The predicted octanol–water partition coefficient (Wildman–Crippen LogP) is 2.02. The Morgan fingerprint density at radius 2 is 2.35 bits per heavy atom. The van der Waals surface area contributed by atoms with Crippen molar-refractivity contribution in [2.24, 2.45) is 5.73 Å². The van der Waals surface area contributed by atoms with Crippen LogP contribution in [0.25, 0.3) is 0 Å². The summed E-state index contributed by atoms with van der Waals surface area (Å²) in [6.07, 6.45) is 0.478. The van der Waals surface area contributed by atoms with E-state index < -0.39 is 0 Å². The molecular weight excluding hydrogens is 281 g/mol. The second-order valence-electron chi connectivity index (χ2n) is 4.27. The summed E-state index contributed by atoms with van der Waals surface area (Å²) in [5, 5.41) is 3.87. The molecule has 0 amide bonds. The van der Waals surface area contributed by atoms with Gasteiger partial charge in [-0.25, -0.2) is 4.39 Å². The molecule has 2 aromatic rings. The Kier molecular flexibility index (Phi) is 5.51. The first kappa shape index (κ1) is 15.0. The lowest BCUT2D eigenvalue weighted by Crippen LogP contribution is -2.28. The van der Waals surface area contributed by atoms with Gasteiger partial charge in [-0.1, -0.05) is 11.2 Å². The molecular formula is C13H16FN3O2S. The van der Waals surface area contributed by atoms with Crippen molar-refractivity contribution in [3.63, 3.8) is 0 Å². The SMILES string of the molecule is COCC(N)Cc1nc(CSc2cccc(F)c2)no1. The number of ether oxygens (including phenoxy) is 1. The minimum absolute atomic E-state index is 0.163. The molecule has 1 unspecified atom stereocenters. The van der Waals surface area contributed by atoms with E-state index in [-0.39, 0.29) is 11.9 Å². The van der Waals surface area contributed by atoms with Crippen molar-refractivity contribution in [2.45, 2.75) is 23.1 Å². The van der Waals surface area contributed by atoms with Crippen LogP contribution in [0.2, 0.25) is 0 Å². The molecule has 0 aliphatic carbocycles. The molecule has 0 aliphatic rings. The Bertz CT molecular complexity index is 550. The molecule has 108 valence electrons. The fraction of sp³-hybridized carbons (Fsp3) is 0.385. The lowest BCUT2D eigenvalue weighted by Gasteiger charge is -2.05. The topological polar surface area (TPSA) is 74.2 Å². The standard InChI is InChI=1S/C13H16FN3O2S/c1-18-7-10(15)6-13-16-12(17-19-13)8-20-11-4-2-3-9(14)5-11/h2-5,10H,6-8,15H2,1H3. The molecule has 20 heavy (non-hydrogen) atoms. The summed E-state index contributed by atoms with van der Waals surface area (Å²) in [7, 11) is 1.59. The summed E-state index contributed by atoms with van der Waals surface area (Å²) < 4.78 is 23.1. The number of benzene rings is 1. The van der Waals surface area contributed by atoms with Gasteiger partial charge < -0.3 is 15.0 Å². The molecule has 1 aromatic carbocycles. The molecule has 0 aliphatic heterocycles. The number of hydrogen-bond donors (Lipinski definition) is 1. The minimum Gasteiger partial charge on any atom is -0.383 e. The predicted molar refractivity (Wildman–Crippen MR) is 73.8 cm³/mol. The molecule has 2 N–H and O–H groups in total. The molecule has 0 fully saturated rings. The molecule has 7 heteroatoms. The van der Waals surface area contributed by atoms with Crippen LogP contribution in [0.1, 0.15) is 11.7 Å². The van der Waals surface area contributed by atoms with Gasteiger partial charge in [0.05, 0.1) is 12.4 Å². The lowest BCUT2D eigenvalue weighted by atomic mass is 10.2. The van der Waals surface area contributed by atoms with Gasteiger partial charge >= 0.3 is 0 Å². The van der Waals surface area contributed by atoms with E-state index in [0.717, 1.165) is 4.90 Å². The molecule has 5 nitrogen and oxygen atoms in total. The van der Waals surface area contributed by atoms with Gasteiger partial charge in [0.2, 0.25) is 5.89 Å². The van der Waals surface area contributed by atoms with E-state index in [0.29, 0.717) is 30.5 Å². The summed E-state index contributed by atoms with van der Waals surface area (Å²) in [6, 6.07) is 6.23. The van der Waals surface area contributed by atoms with Crippen molar-refractivity contribution in [3.05, 3.63) is 41.8 Å². The molecule has 1 aromatic heterocycles. The van der Waals surface area contributed by atoms with E-state index >= 15 is 0 Å². The molecule has 0 saturated heterocycles. The maximum Gasteiger partial charge on any atom is 0.228 e. The highest BCUT2D eigenvalue weighted by atomic mass is 32.2. The van der Waals surface area contributed by atoms with Crippen LogP contribution in [-0.2, 0) is 16.9 Å². The molecule has 1 atom stereocenters. The molecule has 2 rings (SSSR count). The van der Waals surface area contributed by atoms with Crippen LogP contribution in [0.5, 0.6) is 0 Å². The van der Waals surface area contributed by atoms with E-state index in [1.54, 1.807) is 13.2 Å².